The molecule has 0 saturated carbocycles. The van der Waals surface area contributed by atoms with Crippen LogP contribution in [0.5, 0.6) is 0 Å². The summed E-state index contributed by atoms with van der Waals surface area (Å²) in [4.78, 5) is 18.9. The SMILES string of the molecule is C=Cc1ccc(CN2CCC(c3cnc4c(ccn4Cc4ccc(C(=O)NO)cc4)c3)CC2)cc1. The Morgan fingerprint density at radius 3 is 2.40 bits per heavy atom. The van der Waals surface area contributed by atoms with E-state index in [-0.39, 0.29) is 0 Å². The van der Waals surface area contributed by atoms with Gasteiger partial charge in [-0.3, -0.25) is 14.9 Å². The number of pyridine rings is 1. The Kier molecular flexibility index (Phi) is 6.75. The number of hydrogen-bond acceptors (Lipinski definition) is 4. The molecule has 0 aliphatic carbocycles. The molecule has 1 aliphatic heterocycles. The lowest BCUT2D eigenvalue weighted by molar-refractivity contribution is 0.0706. The first-order valence-electron chi connectivity index (χ1n) is 12.0. The molecule has 178 valence electrons. The minimum absolute atomic E-state index is 0.424. The van der Waals surface area contributed by atoms with Crippen molar-refractivity contribution < 1.29 is 10.0 Å². The van der Waals surface area contributed by atoms with E-state index in [2.05, 4.69) is 58.6 Å². The third-order valence-electron chi connectivity index (χ3n) is 6.97. The van der Waals surface area contributed by atoms with E-state index in [0.717, 1.165) is 54.6 Å². The largest absolute Gasteiger partial charge is 0.328 e. The second kappa shape index (κ2) is 10.3. The van der Waals surface area contributed by atoms with Crippen LogP contribution in [0, 0.1) is 0 Å². The van der Waals surface area contributed by atoms with E-state index in [1.165, 1.54) is 11.1 Å². The number of amides is 1. The fourth-order valence-corrected chi connectivity index (χ4v) is 4.91. The molecule has 0 spiro atoms. The molecular weight excluding hydrogens is 436 g/mol. The first-order chi connectivity index (χ1) is 17.1. The number of fused-ring (bicyclic) bond motifs is 1. The quantitative estimate of drug-likeness (QED) is 0.289. The number of rotatable bonds is 7. The van der Waals surface area contributed by atoms with Gasteiger partial charge in [0.2, 0.25) is 0 Å². The summed E-state index contributed by atoms with van der Waals surface area (Å²) in [5.74, 6) is 0.0324. The molecular formula is C29H30N4O2. The molecule has 4 aromatic rings. The van der Waals surface area contributed by atoms with Gasteiger partial charge in [0, 0.05) is 36.4 Å². The van der Waals surface area contributed by atoms with Crippen LogP contribution < -0.4 is 5.48 Å². The van der Waals surface area contributed by atoms with Crippen molar-refractivity contribution in [3.8, 4) is 0 Å². The van der Waals surface area contributed by atoms with Crippen molar-refractivity contribution in [3.05, 3.63) is 107 Å². The lowest BCUT2D eigenvalue weighted by Crippen LogP contribution is -2.32. The molecule has 0 radical (unpaired) electrons. The molecule has 2 aromatic carbocycles. The third kappa shape index (κ3) is 5.19. The van der Waals surface area contributed by atoms with Gasteiger partial charge in [-0.15, -0.1) is 0 Å². The molecule has 35 heavy (non-hydrogen) atoms. The fourth-order valence-electron chi connectivity index (χ4n) is 4.91. The monoisotopic (exact) mass is 466 g/mol. The molecule has 3 heterocycles. The van der Waals surface area contributed by atoms with E-state index < -0.39 is 5.91 Å². The van der Waals surface area contributed by atoms with Crippen LogP contribution in [0.2, 0.25) is 0 Å². The van der Waals surface area contributed by atoms with Gasteiger partial charge in [-0.25, -0.2) is 10.5 Å². The third-order valence-corrected chi connectivity index (χ3v) is 6.97. The molecule has 0 atom stereocenters. The van der Waals surface area contributed by atoms with E-state index >= 15 is 0 Å². The molecule has 1 fully saturated rings. The predicted octanol–water partition coefficient (Wildman–Crippen LogP) is 5.23. The minimum Gasteiger partial charge on any atom is -0.328 e. The van der Waals surface area contributed by atoms with E-state index in [4.69, 9.17) is 10.2 Å². The van der Waals surface area contributed by atoms with E-state index in [9.17, 15) is 4.79 Å². The van der Waals surface area contributed by atoms with Crippen LogP contribution in [0.3, 0.4) is 0 Å². The Morgan fingerprint density at radius 2 is 1.71 bits per heavy atom. The Hall–Kier alpha value is -3.74. The number of hydroxylamine groups is 1. The maximum Gasteiger partial charge on any atom is 0.274 e. The second-order valence-corrected chi connectivity index (χ2v) is 9.26. The van der Waals surface area contributed by atoms with Crippen LogP contribution in [-0.2, 0) is 13.1 Å². The molecule has 2 aromatic heterocycles. The molecule has 1 aliphatic rings. The highest BCUT2D eigenvalue weighted by Crippen LogP contribution is 2.30. The number of likely N-dealkylation sites (tertiary alicyclic amines) is 1. The highest BCUT2D eigenvalue weighted by molar-refractivity contribution is 5.93. The van der Waals surface area contributed by atoms with Gasteiger partial charge in [0.15, 0.2) is 0 Å². The Bertz CT molecular complexity index is 1320. The maximum atomic E-state index is 11.5. The summed E-state index contributed by atoms with van der Waals surface area (Å²) in [7, 11) is 0. The topological polar surface area (TPSA) is 70.4 Å². The van der Waals surface area contributed by atoms with Crippen molar-refractivity contribution in [3.63, 3.8) is 0 Å². The normalized spacial score (nSPS) is 14.8. The summed E-state index contributed by atoms with van der Waals surface area (Å²) in [6.45, 7) is 7.68. The molecule has 1 saturated heterocycles. The Morgan fingerprint density at radius 1 is 1.03 bits per heavy atom. The predicted molar refractivity (Wildman–Crippen MR) is 138 cm³/mol. The first kappa shape index (κ1) is 23.0. The summed E-state index contributed by atoms with van der Waals surface area (Å²) in [6, 6.07) is 20.3. The van der Waals surface area contributed by atoms with Gasteiger partial charge in [-0.1, -0.05) is 49.1 Å². The van der Waals surface area contributed by atoms with Crippen LogP contribution >= 0.6 is 0 Å². The van der Waals surface area contributed by atoms with Gasteiger partial charge < -0.3 is 4.57 Å². The lowest BCUT2D eigenvalue weighted by atomic mass is 9.90. The molecule has 6 heteroatoms. The summed E-state index contributed by atoms with van der Waals surface area (Å²) in [6.07, 6.45) is 8.28. The van der Waals surface area contributed by atoms with E-state index in [0.29, 0.717) is 18.0 Å². The standard InChI is InChI=1S/C29H30N4O2/c1-2-21-3-5-22(6-4-21)19-32-14-11-24(12-15-32)27-17-26-13-16-33(28(26)30-18-27)20-23-7-9-25(10-8-23)29(34)31-35/h2-10,13,16-18,24,35H,1,11-12,14-15,19-20H2,(H,31,34). The van der Waals surface area contributed by atoms with Crippen molar-refractivity contribution in [1.29, 1.82) is 0 Å². The van der Waals surface area contributed by atoms with Gasteiger partial charge in [0.1, 0.15) is 5.65 Å². The van der Waals surface area contributed by atoms with Gasteiger partial charge in [-0.2, -0.15) is 0 Å². The molecule has 0 unspecified atom stereocenters. The second-order valence-electron chi connectivity index (χ2n) is 9.26. The smallest absolute Gasteiger partial charge is 0.274 e. The zero-order valence-corrected chi connectivity index (χ0v) is 19.7. The highest BCUT2D eigenvalue weighted by atomic mass is 16.5. The molecule has 0 bridgehead atoms. The van der Waals surface area contributed by atoms with Crippen LogP contribution in [0.15, 0.2) is 79.6 Å². The van der Waals surface area contributed by atoms with Crippen molar-refractivity contribution >= 4 is 23.0 Å². The van der Waals surface area contributed by atoms with Crippen molar-refractivity contribution in [2.75, 3.05) is 13.1 Å². The zero-order valence-electron chi connectivity index (χ0n) is 19.7. The average molecular weight is 467 g/mol. The molecule has 6 nitrogen and oxygen atoms in total. The summed E-state index contributed by atoms with van der Waals surface area (Å²) in [5, 5.41) is 9.93. The number of nitrogens with zero attached hydrogens (tertiary/aromatic N) is 3. The van der Waals surface area contributed by atoms with Crippen LogP contribution in [0.1, 0.15) is 51.4 Å². The van der Waals surface area contributed by atoms with Crippen molar-refractivity contribution in [1.82, 2.24) is 19.9 Å². The van der Waals surface area contributed by atoms with Crippen LogP contribution in [0.4, 0.5) is 0 Å². The van der Waals surface area contributed by atoms with E-state index in [1.54, 1.807) is 17.6 Å². The average Bonchev–Trinajstić information content (AvgIpc) is 3.31. The number of carbonyl (C=O) groups is 1. The fraction of sp³-hybridized carbons (Fsp3) is 0.241. The molecule has 1 amide bonds. The van der Waals surface area contributed by atoms with Crippen molar-refractivity contribution in [2.24, 2.45) is 0 Å². The van der Waals surface area contributed by atoms with Crippen LogP contribution in [-0.4, -0.2) is 38.7 Å². The van der Waals surface area contributed by atoms with E-state index in [1.807, 2.05) is 24.4 Å². The number of benzene rings is 2. The Labute approximate surface area is 205 Å². The summed E-state index contributed by atoms with van der Waals surface area (Å²) >= 11 is 0. The Balaban J connectivity index is 1.21. The minimum atomic E-state index is -0.509. The molecule has 5 rings (SSSR count). The summed E-state index contributed by atoms with van der Waals surface area (Å²) in [5.41, 5.74) is 7.95. The number of nitrogens with one attached hydrogen (secondary N) is 1. The van der Waals surface area contributed by atoms with Gasteiger partial charge in [0.25, 0.3) is 5.91 Å². The first-order valence-corrected chi connectivity index (χ1v) is 12.0. The zero-order chi connectivity index (χ0) is 24.2. The lowest BCUT2D eigenvalue weighted by Gasteiger charge is -2.32. The number of carbonyl (C=O) groups excluding carboxylic acids is 1. The maximum absolute atomic E-state index is 11.5. The molecule has 2 N–H and O–H groups in total. The number of piperidine rings is 1. The van der Waals surface area contributed by atoms with Crippen molar-refractivity contribution in [2.45, 2.75) is 31.8 Å². The van der Waals surface area contributed by atoms with Gasteiger partial charge in [0.05, 0.1) is 0 Å². The van der Waals surface area contributed by atoms with Crippen LogP contribution in [0.25, 0.3) is 17.1 Å². The highest BCUT2D eigenvalue weighted by Gasteiger charge is 2.21. The number of hydrogen-bond donors (Lipinski definition) is 2. The van der Waals surface area contributed by atoms with Gasteiger partial charge in [-0.05, 0) is 78.4 Å². The summed E-state index contributed by atoms with van der Waals surface area (Å²) < 4.78 is 2.13. The number of aromatic nitrogens is 2. The van der Waals surface area contributed by atoms with Gasteiger partial charge >= 0.3 is 0 Å².